The molecule has 1 fully saturated rings. The first kappa shape index (κ1) is 15.6. The molecule has 2 atom stereocenters. The Morgan fingerprint density at radius 1 is 1.55 bits per heavy atom. The van der Waals surface area contributed by atoms with Gasteiger partial charge in [-0.05, 0) is 38.5 Å². The lowest BCUT2D eigenvalue weighted by Gasteiger charge is -2.43. The van der Waals surface area contributed by atoms with Gasteiger partial charge in [0.2, 0.25) is 0 Å². The summed E-state index contributed by atoms with van der Waals surface area (Å²) in [6.45, 7) is 7.36. The van der Waals surface area contributed by atoms with Gasteiger partial charge in [0.1, 0.15) is 0 Å². The third kappa shape index (κ3) is 3.44. The quantitative estimate of drug-likeness (QED) is 0.899. The lowest BCUT2D eigenvalue weighted by molar-refractivity contribution is -0.101. The van der Waals surface area contributed by atoms with Gasteiger partial charge in [-0.1, -0.05) is 17.7 Å². The molecule has 0 spiro atoms. The number of nitrogens with zero attached hydrogens (tertiary/aromatic N) is 1. The molecular weight excluding hydrogens is 276 g/mol. The van der Waals surface area contributed by atoms with E-state index in [1.807, 2.05) is 39.0 Å². The highest BCUT2D eigenvalue weighted by Gasteiger charge is 2.33. The smallest absolute Gasteiger partial charge is 0.0988 e. The second-order valence-electron chi connectivity index (χ2n) is 6.06. The predicted molar refractivity (Wildman–Crippen MR) is 82.3 cm³/mol. The monoisotopic (exact) mass is 298 g/mol. The molecule has 1 aliphatic heterocycles. The number of aliphatic hydroxyl groups excluding tert-OH is 1. The zero-order valence-electron chi connectivity index (χ0n) is 12.3. The van der Waals surface area contributed by atoms with E-state index in [1.165, 1.54) is 0 Å². The number of halogens is 1. The summed E-state index contributed by atoms with van der Waals surface area (Å²) in [6, 6.07) is 5.88. The molecule has 1 aliphatic rings. The summed E-state index contributed by atoms with van der Waals surface area (Å²) >= 11 is 6.39. The third-order valence-corrected chi connectivity index (χ3v) is 3.83. The van der Waals surface area contributed by atoms with E-state index in [-0.39, 0.29) is 24.4 Å². The van der Waals surface area contributed by atoms with E-state index in [0.29, 0.717) is 11.6 Å². The van der Waals surface area contributed by atoms with Crippen LogP contribution in [0.5, 0.6) is 0 Å². The van der Waals surface area contributed by atoms with Crippen molar-refractivity contribution >= 4 is 17.3 Å². The molecule has 1 unspecified atom stereocenters. The van der Waals surface area contributed by atoms with Gasteiger partial charge < -0.3 is 20.5 Å². The Labute approximate surface area is 125 Å². The van der Waals surface area contributed by atoms with Crippen LogP contribution in [0.25, 0.3) is 0 Å². The van der Waals surface area contributed by atoms with Crippen molar-refractivity contribution in [1.29, 1.82) is 0 Å². The van der Waals surface area contributed by atoms with Crippen LogP contribution in [-0.4, -0.2) is 36.5 Å². The average Bonchev–Trinajstić information content (AvgIpc) is 2.36. The van der Waals surface area contributed by atoms with E-state index in [4.69, 9.17) is 22.1 Å². The van der Waals surface area contributed by atoms with E-state index >= 15 is 0 Å². The number of aliphatic hydroxyl groups is 1. The topological polar surface area (TPSA) is 58.7 Å². The number of ether oxygens (including phenoxy) is 1. The summed E-state index contributed by atoms with van der Waals surface area (Å²) in [5, 5.41) is 10.1. The summed E-state index contributed by atoms with van der Waals surface area (Å²) < 4.78 is 5.82. The Bertz CT molecular complexity index is 477. The Hall–Kier alpha value is -0.810. The maximum absolute atomic E-state index is 9.37. The minimum Gasteiger partial charge on any atom is -0.394 e. The molecule has 2 rings (SSSR count). The number of nitrogens with two attached hydrogens (primary N) is 1. The molecule has 0 saturated carbocycles. The molecule has 0 bridgehead atoms. The van der Waals surface area contributed by atoms with Crippen LogP contribution < -0.4 is 10.6 Å². The van der Waals surface area contributed by atoms with Crippen molar-refractivity contribution in [2.75, 3.05) is 24.6 Å². The van der Waals surface area contributed by atoms with Crippen molar-refractivity contribution < 1.29 is 9.84 Å². The van der Waals surface area contributed by atoms with E-state index in [1.54, 1.807) is 0 Å². The first-order valence-electron chi connectivity index (χ1n) is 6.91. The molecule has 20 heavy (non-hydrogen) atoms. The summed E-state index contributed by atoms with van der Waals surface area (Å²) in [5.41, 5.74) is 7.54. The number of hydrogen-bond acceptors (Lipinski definition) is 4. The Morgan fingerprint density at radius 3 is 2.80 bits per heavy atom. The first-order chi connectivity index (χ1) is 9.32. The maximum Gasteiger partial charge on any atom is 0.0988 e. The van der Waals surface area contributed by atoms with Crippen LogP contribution in [0.15, 0.2) is 18.2 Å². The molecule has 1 saturated heterocycles. The number of benzene rings is 1. The SMILES string of the molecule is C[C@H](N)c1ccc(N2CC(CO)OC(C)(C)C2)c(Cl)c1. The van der Waals surface area contributed by atoms with Crippen LogP contribution in [0.4, 0.5) is 5.69 Å². The fourth-order valence-electron chi connectivity index (χ4n) is 2.64. The molecule has 0 amide bonds. The predicted octanol–water partition coefficient (Wildman–Crippen LogP) is 2.34. The van der Waals surface area contributed by atoms with Gasteiger partial charge in [0.15, 0.2) is 0 Å². The van der Waals surface area contributed by atoms with Gasteiger partial charge in [-0.3, -0.25) is 0 Å². The molecule has 112 valence electrons. The Balaban J connectivity index is 2.26. The van der Waals surface area contributed by atoms with Crippen LogP contribution in [-0.2, 0) is 4.74 Å². The maximum atomic E-state index is 9.37. The van der Waals surface area contributed by atoms with Crippen LogP contribution >= 0.6 is 11.6 Å². The molecule has 1 aromatic carbocycles. The van der Waals surface area contributed by atoms with Gasteiger partial charge in [0, 0.05) is 19.1 Å². The number of rotatable bonds is 3. The van der Waals surface area contributed by atoms with Crippen LogP contribution in [0.2, 0.25) is 5.02 Å². The van der Waals surface area contributed by atoms with Crippen LogP contribution in [0, 0.1) is 0 Å². The largest absolute Gasteiger partial charge is 0.394 e. The number of anilines is 1. The number of hydrogen-bond donors (Lipinski definition) is 2. The summed E-state index contributed by atoms with van der Waals surface area (Å²) in [4.78, 5) is 2.16. The van der Waals surface area contributed by atoms with Crippen molar-refractivity contribution in [3.63, 3.8) is 0 Å². The van der Waals surface area contributed by atoms with Gasteiger partial charge >= 0.3 is 0 Å². The van der Waals surface area contributed by atoms with E-state index in [2.05, 4.69) is 4.90 Å². The highest BCUT2D eigenvalue weighted by atomic mass is 35.5. The molecule has 0 radical (unpaired) electrons. The van der Waals surface area contributed by atoms with Crippen LogP contribution in [0.1, 0.15) is 32.4 Å². The van der Waals surface area contributed by atoms with Crippen molar-refractivity contribution in [2.45, 2.75) is 38.5 Å². The lowest BCUT2D eigenvalue weighted by Crippen LogP contribution is -2.54. The fourth-order valence-corrected chi connectivity index (χ4v) is 2.95. The second-order valence-corrected chi connectivity index (χ2v) is 6.47. The highest BCUT2D eigenvalue weighted by molar-refractivity contribution is 6.33. The summed E-state index contributed by atoms with van der Waals surface area (Å²) in [6.07, 6.45) is -0.192. The Morgan fingerprint density at radius 2 is 2.25 bits per heavy atom. The zero-order chi connectivity index (χ0) is 14.9. The van der Waals surface area contributed by atoms with Gasteiger partial charge in [-0.25, -0.2) is 0 Å². The Kier molecular flexibility index (Phi) is 4.59. The fraction of sp³-hybridized carbons (Fsp3) is 0.600. The van der Waals surface area contributed by atoms with Gasteiger partial charge in [0.25, 0.3) is 0 Å². The molecule has 3 N–H and O–H groups in total. The van der Waals surface area contributed by atoms with E-state index in [9.17, 15) is 5.11 Å². The highest BCUT2D eigenvalue weighted by Crippen LogP contribution is 2.32. The lowest BCUT2D eigenvalue weighted by atomic mass is 10.0. The van der Waals surface area contributed by atoms with Crippen molar-refractivity contribution in [2.24, 2.45) is 5.73 Å². The molecular formula is C15H23ClN2O2. The van der Waals surface area contributed by atoms with E-state index in [0.717, 1.165) is 17.8 Å². The molecule has 0 aromatic heterocycles. The van der Waals surface area contributed by atoms with E-state index < -0.39 is 0 Å². The minimum absolute atomic E-state index is 0.00939. The van der Waals surface area contributed by atoms with Crippen molar-refractivity contribution in [3.05, 3.63) is 28.8 Å². The van der Waals surface area contributed by atoms with Gasteiger partial charge in [0.05, 0.1) is 29.0 Å². The third-order valence-electron chi connectivity index (χ3n) is 3.52. The summed E-state index contributed by atoms with van der Waals surface area (Å²) in [7, 11) is 0. The van der Waals surface area contributed by atoms with Crippen molar-refractivity contribution in [3.8, 4) is 0 Å². The average molecular weight is 299 g/mol. The molecule has 0 aliphatic carbocycles. The van der Waals surface area contributed by atoms with Crippen molar-refractivity contribution in [1.82, 2.24) is 0 Å². The molecule has 1 aromatic rings. The number of morpholine rings is 1. The molecule has 5 heteroatoms. The first-order valence-corrected chi connectivity index (χ1v) is 7.29. The van der Waals surface area contributed by atoms with Gasteiger partial charge in [-0.15, -0.1) is 0 Å². The minimum atomic E-state index is -0.311. The second kappa shape index (κ2) is 5.90. The summed E-state index contributed by atoms with van der Waals surface area (Å²) in [5.74, 6) is 0. The van der Waals surface area contributed by atoms with Gasteiger partial charge in [-0.2, -0.15) is 0 Å². The normalized spacial score (nSPS) is 23.7. The standard InChI is InChI=1S/C15H23ClN2O2/c1-10(17)11-4-5-14(13(16)6-11)18-7-12(8-19)20-15(2,3)9-18/h4-6,10,12,19H,7-9,17H2,1-3H3/t10-,12?/m0/s1. The molecule has 4 nitrogen and oxygen atoms in total. The van der Waals surface area contributed by atoms with Crippen LogP contribution in [0.3, 0.4) is 0 Å². The zero-order valence-corrected chi connectivity index (χ0v) is 13.0. The molecule has 1 heterocycles.